The molecule has 54 valence electrons. The van der Waals surface area contributed by atoms with Gasteiger partial charge in [-0.2, -0.15) is 0 Å². The van der Waals surface area contributed by atoms with Crippen LogP contribution in [0.4, 0.5) is 0 Å². The van der Waals surface area contributed by atoms with E-state index in [9.17, 15) is 4.79 Å². The minimum atomic E-state index is -0.470. The molecule has 0 amide bonds. The van der Waals surface area contributed by atoms with E-state index in [1.165, 1.54) is 7.05 Å². The summed E-state index contributed by atoms with van der Waals surface area (Å²) >= 11 is 0. The fraction of sp³-hybridized carbons (Fsp3) is 0.600. The molecule has 9 heavy (non-hydrogen) atoms. The molecule has 0 unspecified atom stereocenters. The summed E-state index contributed by atoms with van der Waals surface area (Å²) < 4.78 is 4.37. The predicted octanol–water partition coefficient (Wildman–Crippen LogP) is -2.05. The van der Waals surface area contributed by atoms with Crippen LogP contribution in [0, 0.1) is 0 Å². The number of carbonyl (C=O) groups excluding carboxylic acids is 1. The highest BCUT2D eigenvalue weighted by Gasteiger charge is 1.93. The van der Waals surface area contributed by atoms with E-state index in [4.69, 9.17) is 5.41 Å². The molecule has 0 aromatic heterocycles. The molecular weight excluding hydrogens is 120 g/mol. The van der Waals surface area contributed by atoms with Gasteiger partial charge in [0.1, 0.15) is 0 Å². The molecular formula is C5H13N2O2+. The van der Waals surface area contributed by atoms with Gasteiger partial charge in [0, 0.05) is 0 Å². The van der Waals surface area contributed by atoms with Crippen molar-refractivity contribution in [1.29, 1.82) is 0 Å². The maximum Gasteiger partial charge on any atom is 0.395 e. The zero-order valence-electron chi connectivity index (χ0n) is 5.76. The highest BCUT2D eigenvalue weighted by Crippen LogP contribution is 1.66. The minimum Gasteiger partial charge on any atom is -0.459 e. The molecule has 0 atom stereocenters. The van der Waals surface area contributed by atoms with Crippen molar-refractivity contribution in [3.63, 3.8) is 0 Å². The fourth-order valence-corrected chi connectivity index (χ4v) is 0.190. The minimum absolute atomic E-state index is 0.381. The Morgan fingerprint density at radius 3 is 2.33 bits per heavy atom. The first-order chi connectivity index (χ1) is 4.31. The van der Waals surface area contributed by atoms with Crippen LogP contribution >= 0.6 is 0 Å². The van der Waals surface area contributed by atoms with Gasteiger partial charge in [0.05, 0.1) is 6.61 Å². The third kappa shape index (κ3) is 11.0. The van der Waals surface area contributed by atoms with Gasteiger partial charge in [0.15, 0.2) is 0 Å². The van der Waals surface area contributed by atoms with Crippen LogP contribution in [-0.2, 0) is 9.53 Å². The van der Waals surface area contributed by atoms with E-state index in [0.717, 1.165) is 6.21 Å². The Balaban J connectivity index is 0. The molecule has 0 spiro atoms. The molecule has 0 aliphatic rings. The van der Waals surface area contributed by atoms with Gasteiger partial charge in [0.25, 0.3) is 0 Å². The lowest BCUT2D eigenvalue weighted by molar-refractivity contribution is -0.148. The van der Waals surface area contributed by atoms with Crippen molar-refractivity contribution in [2.75, 3.05) is 13.7 Å². The molecule has 0 bridgehead atoms. The number of rotatable bonds is 2. The van der Waals surface area contributed by atoms with Crippen LogP contribution in [-0.4, -0.2) is 25.8 Å². The van der Waals surface area contributed by atoms with E-state index in [-0.39, 0.29) is 0 Å². The Morgan fingerprint density at radius 2 is 2.22 bits per heavy atom. The normalized spacial score (nSPS) is 6.56. The van der Waals surface area contributed by atoms with Crippen LogP contribution in [0.15, 0.2) is 0 Å². The first-order valence-corrected chi connectivity index (χ1v) is 2.60. The van der Waals surface area contributed by atoms with E-state index >= 15 is 0 Å². The highest BCUT2D eigenvalue weighted by molar-refractivity contribution is 6.20. The lowest BCUT2D eigenvalue weighted by Crippen LogP contribution is -2.34. The number of ether oxygens (including phenoxy) is 1. The van der Waals surface area contributed by atoms with E-state index in [0.29, 0.717) is 6.61 Å². The lowest BCUT2D eigenvalue weighted by Gasteiger charge is -1.87. The molecule has 0 saturated carbocycles. The summed E-state index contributed by atoms with van der Waals surface area (Å²) in [6.45, 7) is 2.11. The Morgan fingerprint density at radius 1 is 1.78 bits per heavy atom. The quantitative estimate of drug-likeness (QED) is 0.336. The highest BCUT2D eigenvalue weighted by atomic mass is 16.5. The third-order valence-electron chi connectivity index (χ3n) is 0.423. The first-order valence-electron chi connectivity index (χ1n) is 2.60. The van der Waals surface area contributed by atoms with Gasteiger partial charge in [-0.25, -0.2) is 4.79 Å². The van der Waals surface area contributed by atoms with Crippen LogP contribution in [0.3, 0.4) is 0 Å². The molecule has 0 rings (SSSR count). The SMILES string of the molecule is CCOC(=O)C=[NH2+].CN. The second-order valence-corrected chi connectivity index (χ2v) is 0.919. The lowest BCUT2D eigenvalue weighted by atomic mass is 10.7. The summed E-state index contributed by atoms with van der Waals surface area (Å²) in [6.07, 6.45) is 0.892. The maximum atomic E-state index is 10.0. The monoisotopic (exact) mass is 133 g/mol. The molecule has 0 aromatic rings. The molecule has 0 radical (unpaired) electrons. The topological polar surface area (TPSA) is 77.9 Å². The fourth-order valence-electron chi connectivity index (χ4n) is 0.190. The van der Waals surface area contributed by atoms with Crippen LogP contribution in [0.1, 0.15) is 6.92 Å². The number of hydrogen-bond acceptors (Lipinski definition) is 3. The zero-order valence-corrected chi connectivity index (χ0v) is 5.76. The maximum absolute atomic E-state index is 10.0. The molecule has 0 aromatic carbocycles. The predicted molar refractivity (Wildman–Crippen MR) is 34.7 cm³/mol. The van der Waals surface area contributed by atoms with E-state index in [1.54, 1.807) is 6.92 Å². The molecule has 0 heterocycles. The van der Waals surface area contributed by atoms with E-state index in [1.807, 2.05) is 0 Å². The van der Waals surface area contributed by atoms with Crippen LogP contribution in [0.5, 0.6) is 0 Å². The standard InChI is InChI=1S/C4H7NO2.CH5N/c1-2-7-4(6)3-5;1-2/h3,5H,2H2,1H3;2H2,1H3/p+1. The average molecular weight is 133 g/mol. The Hall–Kier alpha value is -0.900. The first kappa shape index (κ1) is 11.0. The van der Waals surface area contributed by atoms with Gasteiger partial charge in [0.2, 0.25) is 6.21 Å². The van der Waals surface area contributed by atoms with Crippen LogP contribution in [0.2, 0.25) is 0 Å². The number of carbonyl (C=O) groups is 1. The van der Waals surface area contributed by atoms with Crippen molar-refractivity contribution in [2.45, 2.75) is 6.92 Å². The summed E-state index contributed by atoms with van der Waals surface area (Å²) in [5, 5.41) is 4.76. The average Bonchev–Trinajstić information content (AvgIpc) is 1.93. The summed E-state index contributed by atoms with van der Waals surface area (Å²) in [7, 11) is 1.50. The second-order valence-electron chi connectivity index (χ2n) is 0.919. The Labute approximate surface area is 54.5 Å². The summed E-state index contributed by atoms with van der Waals surface area (Å²) in [5.41, 5.74) is 4.50. The molecule has 0 aliphatic carbocycles. The van der Waals surface area contributed by atoms with Crippen molar-refractivity contribution < 1.29 is 14.9 Å². The number of nitrogens with two attached hydrogens (primary N) is 2. The zero-order chi connectivity index (χ0) is 7.70. The van der Waals surface area contributed by atoms with Crippen molar-refractivity contribution in [2.24, 2.45) is 5.73 Å². The summed E-state index contributed by atoms with van der Waals surface area (Å²) in [5.74, 6) is -0.470. The van der Waals surface area contributed by atoms with E-state index in [2.05, 4.69) is 10.5 Å². The van der Waals surface area contributed by atoms with Crippen molar-refractivity contribution >= 4 is 12.2 Å². The van der Waals surface area contributed by atoms with Gasteiger partial charge in [-0.15, -0.1) is 0 Å². The molecule has 4 N–H and O–H groups in total. The van der Waals surface area contributed by atoms with Gasteiger partial charge >= 0.3 is 5.97 Å². The van der Waals surface area contributed by atoms with Crippen molar-refractivity contribution in [3.05, 3.63) is 0 Å². The largest absolute Gasteiger partial charge is 0.459 e. The third-order valence-corrected chi connectivity index (χ3v) is 0.423. The number of esters is 1. The van der Waals surface area contributed by atoms with Gasteiger partial charge in [-0.1, -0.05) is 0 Å². The summed E-state index contributed by atoms with van der Waals surface area (Å²) in [6, 6.07) is 0. The molecule has 0 fully saturated rings. The Bertz CT molecular complexity index is 83.0. The molecule has 0 aliphatic heterocycles. The molecule has 0 saturated heterocycles. The van der Waals surface area contributed by atoms with Crippen molar-refractivity contribution in [1.82, 2.24) is 0 Å². The number of hydrogen-bond donors (Lipinski definition) is 2. The molecule has 4 heteroatoms. The van der Waals surface area contributed by atoms with Crippen LogP contribution in [0.25, 0.3) is 0 Å². The van der Waals surface area contributed by atoms with E-state index < -0.39 is 5.97 Å². The second kappa shape index (κ2) is 10.2. The smallest absolute Gasteiger partial charge is 0.395 e. The summed E-state index contributed by atoms with van der Waals surface area (Å²) in [4.78, 5) is 10.0. The van der Waals surface area contributed by atoms with Gasteiger partial charge in [-0.05, 0) is 14.0 Å². The van der Waals surface area contributed by atoms with Gasteiger partial charge < -0.3 is 10.5 Å². The van der Waals surface area contributed by atoms with Crippen LogP contribution < -0.4 is 11.1 Å². The molecule has 4 nitrogen and oxygen atoms in total. The Kier molecular flexibility index (Phi) is 12.4. The van der Waals surface area contributed by atoms with Gasteiger partial charge in [-0.3, -0.25) is 5.41 Å². The van der Waals surface area contributed by atoms with Crippen molar-refractivity contribution in [3.8, 4) is 0 Å².